The van der Waals surface area contributed by atoms with Crippen LogP contribution in [-0.4, -0.2) is 29.3 Å². The third kappa shape index (κ3) is 3.80. The number of amides is 2. The number of hydrogen-bond acceptors (Lipinski definition) is 2. The van der Waals surface area contributed by atoms with Crippen molar-refractivity contribution >= 4 is 11.8 Å². The highest BCUT2D eigenvalue weighted by molar-refractivity contribution is 5.89. The lowest BCUT2D eigenvalue weighted by atomic mass is 9.78. The van der Waals surface area contributed by atoms with Crippen LogP contribution in [0.15, 0.2) is 30.3 Å². The fourth-order valence-electron chi connectivity index (χ4n) is 3.99. The molecule has 3 rings (SSSR count). The molecule has 2 fully saturated rings. The van der Waals surface area contributed by atoms with Crippen molar-refractivity contribution in [3.8, 4) is 0 Å². The number of carbonyl (C=O) groups excluding carboxylic acids is 2. The van der Waals surface area contributed by atoms with Gasteiger partial charge in [0.1, 0.15) is 0 Å². The van der Waals surface area contributed by atoms with E-state index in [1.807, 2.05) is 35.2 Å². The second-order valence-electron chi connectivity index (χ2n) is 7.54. The molecule has 24 heavy (non-hydrogen) atoms. The molecule has 0 unspecified atom stereocenters. The van der Waals surface area contributed by atoms with Gasteiger partial charge in [0, 0.05) is 25.6 Å². The first-order valence-electron chi connectivity index (χ1n) is 9.16. The van der Waals surface area contributed by atoms with Crippen LogP contribution in [0.2, 0.25) is 0 Å². The summed E-state index contributed by atoms with van der Waals surface area (Å²) >= 11 is 0. The van der Waals surface area contributed by atoms with Crippen LogP contribution >= 0.6 is 0 Å². The maximum Gasteiger partial charge on any atom is 0.225 e. The monoisotopic (exact) mass is 328 g/mol. The van der Waals surface area contributed by atoms with Gasteiger partial charge in [0.05, 0.1) is 5.92 Å². The third-order valence-corrected chi connectivity index (χ3v) is 5.84. The lowest BCUT2D eigenvalue weighted by Crippen LogP contribution is -2.46. The molecule has 1 saturated heterocycles. The summed E-state index contributed by atoms with van der Waals surface area (Å²) in [7, 11) is 0. The van der Waals surface area contributed by atoms with Crippen LogP contribution in [0.1, 0.15) is 45.1 Å². The van der Waals surface area contributed by atoms with E-state index in [1.165, 1.54) is 12.8 Å². The lowest BCUT2D eigenvalue weighted by molar-refractivity contribution is -0.129. The van der Waals surface area contributed by atoms with Gasteiger partial charge < -0.3 is 10.2 Å². The highest BCUT2D eigenvalue weighted by Crippen LogP contribution is 2.30. The van der Waals surface area contributed by atoms with Gasteiger partial charge in [0.25, 0.3) is 0 Å². The van der Waals surface area contributed by atoms with E-state index in [0.717, 1.165) is 12.0 Å². The molecule has 4 nitrogen and oxygen atoms in total. The van der Waals surface area contributed by atoms with Gasteiger partial charge in [-0.3, -0.25) is 9.59 Å². The van der Waals surface area contributed by atoms with Crippen molar-refractivity contribution in [2.75, 3.05) is 6.54 Å². The zero-order chi connectivity index (χ0) is 17.1. The summed E-state index contributed by atoms with van der Waals surface area (Å²) in [6.07, 6.45) is 3.83. The first kappa shape index (κ1) is 17.0. The summed E-state index contributed by atoms with van der Waals surface area (Å²) in [4.78, 5) is 26.7. The minimum Gasteiger partial charge on any atom is -0.353 e. The molecule has 1 aliphatic carbocycles. The van der Waals surface area contributed by atoms with E-state index in [0.29, 0.717) is 31.3 Å². The summed E-state index contributed by atoms with van der Waals surface area (Å²) in [5.74, 6) is 1.11. The molecule has 0 radical (unpaired) electrons. The summed E-state index contributed by atoms with van der Waals surface area (Å²) in [6, 6.07) is 10.2. The van der Waals surface area contributed by atoms with Crippen LogP contribution in [0, 0.1) is 17.8 Å². The molecule has 1 aliphatic heterocycles. The van der Waals surface area contributed by atoms with Crippen LogP contribution in [0.25, 0.3) is 0 Å². The number of benzene rings is 1. The molecule has 4 atom stereocenters. The molecule has 1 heterocycles. The van der Waals surface area contributed by atoms with Crippen LogP contribution < -0.4 is 5.32 Å². The van der Waals surface area contributed by atoms with Crippen molar-refractivity contribution in [2.24, 2.45) is 17.8 Å². The lowest BCUT2D eigenvalue weighted by Gasteiger charge is -2.35. The molecule has 0 spiro atoms. The minimum absolute atomic E-state index is 0.0601. The smallest absolute Gasteiger partial charge is 0.225 e. The summed E-state index contributed by atoms with van der Waals surface area (Å²) in [6.45, 7) is 5.64. The van der Waals surface area contributed by atoms with E-state index >= 15 is 0 Å². The number of likely N-dealkylation sites (tertiary alicyclic amines) is 1. The van der Waals surface area contributed by atoms with E-state index in [9.17, 15) is 9.59 Å². The Morgan fingerprint density at radius 1 is 1.21 bits per heavy atom. The molecule has 4 heteroatoms. The molecule has 1 saturated carbocycles. The number of hydrogen-bond donors (Lipinski definition) is 1. The average Bonchev–Trinajstić information content (AvgIpc) is 2.94. The zero-order valence-corrected chi connectivity index (χ0v) is 14.7. The number of carbonyl (C=O) groups is 2. The van der Waals surface area contributed by atoms with E-state index < -0.39 is 0 Å². The molecule has 1 N–H and O–H groups in total. The van der Waals surface area contributed by atoms with Gasteiger partial charge in [-0.2, -0.15) is 0 Å². The van der Waals surface area contributed by atoms with Crippen molar-refractivity contribution in [1.82, 2.24) is 10.2 Å². The standard InChI is InChI=1S/C20H28N2O2/c1-14-7-6-10-18(15(14)2)21-20(24)17-11-19(23)22(13-17)12-16-8-4-3-5-9-16/h3-5,8-9,14-15,17-18H,6-7,10-13H2,1-2H3,(H,21,24)/t14-,15-,17-,18-/m1/s1. The van der Waals surface area contributed by atoms with E-state index in [1.54, 1.807) is 0 Å². The fraction of sp³-hybridized carbons (Fsp3) is 0.600. The summed E-state index contributed by atoms with van der Waals surface area (Å²) in [5, 5.41) is 3.23. The van der Waals surface area contributed by atoms with Crippen LogP contribution in [0.3, 0.4) is 0 Å². The van der Waals surface area contributed by atoms with Gasteiger partial charge in [0.2, 0.25) is 11.8 Å². The Balaban J connectivity index is 1.56. The van der Waals surface area contributed by atoms with Crippen molar-refractivity contribution in [1.29, 1.82) is 0 Å². The molecule has 1 aromatic carbocycles. The number of nitrogens with zero attached hydrogens (tertiary/aromatic N) is 1. The van der Waals surface area contributed by atoms with E-state index in [4.69, 9.17) is 0 Å². The second kappa shape index (κ2) is 7.37. The Kier molecular flexibility index (Phi) is 5.22. The predicted octanol–water partition coefficient (Wildman–Crippen LogP) is 2.98. The largest absolute Gasteiger partial charge is 0.353 e. The fourth-order valence-corrected chi connectivity index (χ4v) is 3.99. The molecule has 2 aliphatic rings. The van der Waals surface area contributed by atoms with Gasteiger partial charge in [-0.25, -0.2) is 0 Å². The van der Waals surface area contributed by atoms with Crippen molar-refractivity contribution in [3.05, 3.63) is 35.9 Å². The predicted molar refractivity (Wildman–Crippen MR) is 94.1 cm³/mol. The normalized spacial score (nSPS) is 30.4. The number of nitrogens with one attached hydrogen (secondary N) is 1. The molecule has 1 aromatic rings. The molecule has 2 amide bonds. The molecule has 130 valence electrons. The SMILES string of the molecule is C[C@@H]1[C@H](C)CCC[C@H]1NC(=O)[C@@H]1CC(=O)N(Cc2ccccc2)C1. The Bertz CT molecular complexity index is 587. The third-order valence-electron chi connectivity index (χ3n) is 5.84. The summed E-state index contributed by atoms with van der Waals surface area (Å²) in [5.41, 5.74) is 1.11. The maximum absolute atomic E-state index is 12.6. The Hall–Kier alpha value is -1.84. The molecular formula is C20H28N2O2. The van der Waals surface area contributed by atoms with Gasteiger partial charge in [-0.15, -0.1) is 0 Å². The van der Waals surface area contributed by atoms with E-state index in [2.05, 4.69) is 19.2 Å². The first-order chi connectivity index (χ1) is 11.5. The van der Waals surface area contributed by atoms with Gasteiger partial charge >= 0.3 is 0 Å². The van der Waals surface area contributed by atoms with Crippen molar-refractivity contribution in [3.63, 3.8) is 0 Å². The Morgan fingerprint density at radius 3 is 2.71 bits per heavy atom. The topological polar surface area (TPSA) is 49.4 Å². The Morgan fingerprint density at radius 2 is 1.96 bits per heavy atom. The van der Waals surface area contributed by atoms with Gasteiger partial charge in [-0.05, 0) is 23.8 Å². The van der Waals surface area contributed by atoms with Crippen molar-refractivity contribution < 1.29 is 9.59 Å². The van der Waals surface area contributed by atoms with Crippen LogP contribution in [0.4, 0.5) is 0 Å². The second-order valence-corrected chi connectivity index (χ2v) is 7.54. The summed E-state index contributed by atoms with van der Waals surface area (Å²) < 4.78 is 0. The highest BCUT2D eigenvalue weighted by atomic mass is 16.2. The van der Waals surface area contributed by atoms with Gasteiger partial charge in [-0.1, -0.05) is 57.0 Å². The highest BCUT2D eigenvalue weighted by Gasteiger charge is 2.36. The minimum atomic E-state index is -0.203. The zero-order valence-electron chi connectivity index (χ0n) is 14.7. The van der Waals surface area contributed by atoms with E-state index in [-0.39, 0.29) is 23.8 Å². The van der Waals surface area contributed by atoms with Crippen LogP contribution in [-0.2, 0) is 16.1 Å². The first-order valence-corrected chi connectivity index (χ1v) is 9.16. The average molecular weight is 328 g/mol. The molecule has 0 bridgehead atoms. The maximum atomic E-state index is 12.6. The van der Waals surface area contributed by atoms with Crippen molar-refractivity contribution in [2.45, 2.75) is 52.1 Å². The van der Waals surface area contributed by atoms with Gasteiger partial charge in [0.15, 0.2) is 0 Å². The van der Waals surface area contributed by atoms with Crippen LogP contribution in [0.5, 0.6) is 0 Å². The molecular weight excluding hydrogens is 300 g/mol. The quantitative estimate of drug-likeness (QED) is 0.924. The Labute approximate surface area is 144 Å². The number of rotatable bonds is 4. The molecule has 0 aromatic heterocycles.